The molecule has 0 bridgehead atoms. The van der Waals surface area contributed by atoms with E-state index in [1.807, 2.05) is 13.0 Å². The zero-order valence-corrected chi connectivity index (χ0v) is 14.9. The molecule has 0 aliphatic carbocycles. The van der Waals surface area contributed by atoms with Crippen molar-refractivity contribution >= 4 is 11.9 Å². The highest BCUT2D eigenvalue weighted by molar-refractivity contribution is 6.15. The van der Waals surface area contributed by atoms with E-state index in [0.29, 0.717) is 48.0 Å². The topological polar surface area (TPSA) is 72.1 Å². The summed E-state index contributed by atoms with van der Waals surface area (Å²) in [7, 11) is 0. The van der Waals surface area contributed by atoms with Gasteiger partial charge < -0.3 is 19.0 Å². The fraction of sp³-hybridized carbons (Fsp3) is 0.350. The second-order valence-electron chi connectivity index (χ2n) is 6.67. The molecule has 26 heavy (non-hydrogen) atoms. The number of phenolic OH excluding ortho intramolecular Hbond substituents is 1. The molecular formula is C20H21NO5. The number of phenols is 1. The van der Waals surface area contributed by atoms with Crippen molar-refractivity contribution in [3.63, 3.8) is 0 Å². The van der Waals surface area contributed by atoms with Crippen LogP contribution in [0, 0.1) is 13.8 Å². The van der Waals surface area contributed by atoms with E-state index in [9.17, 15) is 9.90 Å². The number of Topliss-reactive ketones (excluding diaryl/α,β-unsaturated/α-hetero) is 1. The van der Waals surface area contributed by atoms with E-state index in [2.05, 4.69) is 4.90 Å². The maximum atomic E-state index is 12.8. The Morgan fingerprint density at radius 3 is 2.69 bits per heavy atom. The monoisotopic (exact) mass is 355 g/mol. The number of aryl methyl sites for hydroxylation is 2. The molecule has 1 aromatic heterocycles. The molecule has 6 heteroatoms. The van der Waals surface area contributed by atoms with Crippen LogP contribution in [-0.4, -0.2) is 42.1 Å². The average molecular weight is 355 g/mol. The first-order valence-electron chi connectivity index (χ1n) is 8.69. The molecule has 136 valence electrons. The van der Waals surface area contributed by atoms with E-state index in [0.717, 1.165) is 18.8 Å². The van der Waals surface area contributed by atoms with E-state index in [1.54, 1.807) is 25.1 Å². The van der Waals surface area contributed by atoms with Gasteiger partial charge in [-0.2, -0.15) is 0 Å². The summed E-state index contributed by atoms with van der Waals surface area (Å²) >= 11 is 0. The third-order valence-corrected chi connectivity index (χ3v) is 4.74. The van der Waals surface area contributed by atoms with Crippen LogP contribution in [0.15, 0.2) is 28.4 Å². The number of fused-ring (bicyclic) bond motifs is 1. The van der Waals surface area contributed by atoms with Crippen LogP contribution in [0.1, 0.15) is 33.0 Å². The largest absolute Gasteiger partial charge is 0.507 e. The highest BCUT2D eigenvalue weighted by atomic mass is 16.5. The highest BCUT2D eigenvalue weighted by Crippen LogP contribution is 2.42. The van der Waals surface area contributed by atoms with E-state index in [-0.39, 0.29) is 17.3 Å². The Labute approximate surface area is 151 Å². The third-order valence-electron chi connectivity index (χ3n) is 4.74. The number of morpholine rings is 1. The van der Waals surface area contributed by atoms with Gasteiger partial charge in [-0.15, -0.1) is 0 Å². The highest BCUT2D eigenvalue weighted by Gasteiger charge is 2.34. The Bertz CT molecular complexity index is 890. The molecule has 6 nitrogen and oxygen atoms in total. The molecule has 0 atom stereocenters. The first-order chi connectivity index (χ1) is 12.5. The zero-order chi connectivity index (χ0) is 18.3. The number of benzene rings is 1. The van der Waals surface area contributed by atoms with Gasteiger partial charge in [0.05, 0.1) is 24.3 Å². The lowest BCUT2D eigenvalue weighted by atomic mass is 9.99. The Morgan fingerprint density at radius 2 is 2.00 bits per heavy atom. The average Bonchev–Trinajstić information content (AvgIpc) is 3.17. The van der Waals surface area contributed by atoms with Crippen LogP contribution in [0.3, 0.4) is 0 Å². The Morgan fingerprint density at radius 1 is 1.23 bits per heavy atom. The minimum absolute atomic E-state index is 0.149. The number of carbonyl (C=O) groups is 1. The standard InChI is InChI=1S/C20H21NO5/c1-12-9-16(22)15(11-21-5-7-24-8-6-21)20-18(12)19(23)17(26-20)10-14-4-3-13(2)25-14/h3-4,9-10,22H,5-8,11H2,1-2H3/b17-10-. The predicted octanol–water partition coefficient (Wildman–Crippen LogP) is 3.05. The number of ether oxygens (including phenoxy) is 2. The van der Waals surface area contributed by atoms with E-state index < -0.39 is 0 Å². The van der Waals surface area contributed by atoms with Gasteiger partial charge in [0.2, 0.25) is 5.78 Å². The smallest absolute Gasteiger partial charge is 0.232 e. The molecule has 2 aromatic rings. The molecule has 1 saturated heterocycles. The van der Waals surface area contributed by atoms with Crippen molar-refractivity contribution in [2.75, 3.05) is 26.3 Å². The van der Waals surface area contributed by atoms with Crippen molar-refractivity contribution in [1.29, 1.82) is 0 Å². The first kappa shape index (κ1) is 16.9. The molecule has 2 aliphatic heterocycles. The van der Waals surface area contributed by atoms with Gasteiger partial charge in [-0.3, -0.25) is 9.69 Å². The van der Waals surface area contributed by atoms with Crippen LogP contribution < -0.4 is 4.74 Å². The van der Waals surface area contributed by atoms with Crippen molar-refractivity contribution in [2.45, 2.75) is 20.4 Å². The molecule has 0 saturated carbocycles. The fourth-order valence-electron chi connectivity index (χ4n) is 3.38. The van der Waals surface area contributed by atoms with Crippen molar-refractivity contribution in [3.8, 4) is 11.5 Å². The van der Waals surface area contributed by atoms with Crippen LogP contribution >= 0.6 is 0 Å². The first-order valence-corrected chi connectivity index (χ1v) is 8.69. The summed E-state index contributed by atoms with van der Waals surface area (Å²) in [6.07, 6.45) is 1.60. The second-order valence-corrected chi connectivity index (χ2v) is 6.67. The quantitative estimate of drug-likeness (QED) is 0.853. The summed E-state index contributed by atoms with van der Waals surface area (Å²) in [5.41, 5.74) is 1.85. The predicted molar refractivity (Wildman–Crippen MR) is 95.3 cm³/mol. The fourth-order valence-corrected chi connectivity index (χ4v) is 3.38. The second kappa shape index (κ2) is 6.63. The van der Waals surface area contributed by atoms with Gasteiger partial charge in [-0.25, -0.2) is 0 Å². The molecule has 4 rings (SSSR count). The zero-order valence-electron chi connectivity index (χ0n) is 14.9. The van der Waals surface area contributed by atoms with E-state index in [1.165, 1.54) is 0 Å². The van der Waals surface area contributed by atoms with Gasteiger partial charge in [0.15, 0.2) is 5.76 Å². The van der Waals surface area contributed by atoms with Crippen LogP contribution in [0.2, 0.25) is 0 Å². The van der Waals surface area contributed by atoms with Gasteiger partial charge in [0.25, 0.3) is 0 Å². The van der Waals surface area contributed by atoms with Crippen molar-refractivity contribution in [2.24, 2.45) is 0 Å². The molecule has 0 spiro atoms. The maximum Gasteiger partial charge on any atom is 0.232 e. The number of rotatable bonds is 3. The summed E-state index contributed by atoms with van der Waals surface area (Å²) in [6.45, 7) is 7.05. The Balaban J connectivity index is 1.70. The van der Waals surface area contributed by atoms with Gasteiger partial charge in [0.1, 0.15) is 23.0 Å². The minimum Gasteiger partial charge on any atom is -0.507 e. The van der Waals surface area contributed by atoms with E-state index >= 15 is 0 Å². The maximum absolute atomic E-state index is 12.8. The Hall–Kier alpha value is -2.57. The van der Waals surface area contributed by atoms with Gasteiger partial charge in [0, 0.05) is 25.7 Å². The number of hydrogen-bond donors (Lipinski definition) is 1. The minimum atomic E-state index is -0.185. The van der Waals surface area contributed by atoms with E-state index in [4.69, 9.17) is 13.9 Å². The number of hydrogen-bond acceptors (Lipinski definition) is 6. The van der Waals surface area contributed by atoms with Gasteiger partial charge in [-0.05, 0) is 37.6 Å². The van der Waals surface area contributed by atoms with Crippen molar-refractivity contribution in [1.82, 2.24) is 4.90 Å². The molecule has 2 aliphatic rings. The molecule has 0 amide bonds. The normalized spacial score (nSPS) is 19.0. The lowest BCUT2D eigenvalue weighted by molar-refractivity contribution is 0.0336. The summed E-state index contributed by atoms with van der Waals surface area (Å²) in [6, 6.07) is 5.26. The summed E-state index contributed by atoms with van der Waals surface area (Å²) < 4.78 is 16.8. The summed E-state index contributed by atoms with van der Waals surface area (Å²) in [5.74, 6) is 1.96. The van der Waals surface area contributed by atoms with Crippen LogP contribution in [0.5, 0.6) is 11.5 Å². The molecular weight excluding hydrogens is 334 g/mol. The SMILES string of the molecule is Cc1ccc(/C=C2\Oc3c(CN4CCOCC4)c(O)cc(C)c3C2=O)o1. The number of aromatic hydroxyl groups is 1. The lowest BCUT2D eigenvalue weighted by Gasteiger charge is -2.27. The molecule has 1 N–H and O–H groups in total. The van der Waals surface area contributed by atoms with Crippen molar-refractivity contribution in [3.05, 3.63) is 52.2 Å². The van der Waals surface area contributed by atoms with Crippen LogP contribution in [0.4, 0.5) is 0 Å². The lowest BCUT2D eigenvalue weighted by Crippen LogP contribution is -2.35. The van der Waals surface area contributed by atoms with Crippen molar-refractivity contribution < 1.29 is 23.8 Å². The molecule has 0 radical (unpaired) electrons. The summed E-state index contributed by atoms with van der Waals surface area (Å²) in [4.78, 5) is 15.0. The molecule has 0 unspecified atom stereocenters. The number of furan rings is 1. The number of nitrogens with zero attached hydrogens (tertiary/aromatic N) is 1. The van der Waals surface area contributed by atoms with Gasteiger partial charge >= 0.3 is 0 Å². The Kier molecular flexibility index (Phi) is 4.30. The number of allylic oxidation sites excluding steroid dienone is 1. The van der Waals surface area contributed by atoms with Gasteiger partial charge in [-0.1, -0.05) is 0 Å². The molecule has 1 aromatic carbocycles. The molecule has 3 heterocycles. The third kappa shape index (κ3) is 3.02. The van der Waals surface area contributed by atoms with Crippen LogP contribution in [-0.2, 0) is 11.3 Å². The van der Waals surface area contributed by atoms with Crippen LogP contribution in [0.25, 0.3) is 6.08 Å². The summed E-state index contributed by atoms with van der Waals surface area (Å²) in [5, 5.41) is 10.5. The number of carbonyl (C=O) groups excluding carboxylic acids is 1. The number of ketones is 1. The molecule has 1 fully saturated rings.